The summed E-state index contributed by atoms with van der Waals surface area (Å²) < 4.78 is 1.81. The summed E-state index contributed by atoms with van der Waals surface area (Å²) in [4.78, 5) is 8.52. The summed E-state index contributed by atoms with van der Waals surface area (Å²) in [6, 6.07) is 9.35. The summed E-state index contributed by atoms with van der Waals surface area (Å²) in [5.41, 5.74) is 8.27. The predicted octanol–water partition coefficient (Wildman–Crippen LogP) is 3.37. The van der Waals surface area contributed by atoms with E-state index in [1.165, 1.54) is 0 Å². The quantitative estimate of drug-likeness (QED) is 0.788. The van der Waals surface area contributed by atoms with Crippen LogP contribution in [0.2, 0.25) is 10.0 Å². The van der Waals surface area contributed by atoms with Crippen LogP contribution in [0.3, 0.4) is 0 Å². The van der Waals surface area contributed by atoms with Crippen molar-refractivity contribution in [2.75, 3.05) is 5.73 Å². The first-order valence-electron chi connectivity index (χ1n) is 5.66. The maximum atomic E-state index is 6.15. The number of hydrogen-bond donors (Lipinski definition) is 1. The molecule has 0 fully saturated rings. The van der Waals surface area contributed by atoms with Gasteiger partial charge in [0.25, 0.3) is 0 Å². The summed E-state index contributed by atoms with van der Waals surface area (Å²) in [5, 5.41) is 1.23. The van der Waals surface area contributed by atoms with E-state index in [1.54, 1.807) is 12.3 Å². The van der Waals surface area contributed by atoms with Gasteiger partial charge in [-0.2, -0.15) is 0 Å². The third-order valence-corrected chi connectivity index (χ3v) is 3.44. The Hall–Kier alpha value is -1.78. The lowest BCUT2D eigenvalue weighted by Crippen LogP contribution is -2.05. The molecule has 3 rings (SSSR count). The fraction of sp³-hybridized carbons (Fsp3) is 0.0769. The normalized spacial score (nSPS) is 11.1. The summed E-state index contributed by atoms with van der Waals surface area (Å²) >= 11 is 12.0. The Bertz CT molecular complexity index is 751. The first kappa shape index (κ1) is 12.3. The molecule has 0 spiro atoms. The van der Waals surface area contributed by atoms with Crippen molar-refractivity contribution >= 4 is 40.3 Å². The van der Waals surface area contributed by atoms with Crippen LogP contribution < -0.4 is 5.73 Å². The molecule has 0 aliphatic heterocycles. The molecule has 2 heterocycles. The van der Waals surface area contributed by atoms with Crippen molar-refractivity contribution in [1.29, 1.82) is 0 Å². The molecule has 0 aliphatic rings. The fourth-order valence-corrected chi connectivity index (χ4v) is 2.30. The van der Waals surface area contributed by atoms with Crippen molar-refractivity contribution in [2.24, 2.45) is 0 Å². The van der Waals surface area contributed by atoms with Gasteiger partial charge < -0.3 is 5.73 Å². The summed E-state index contributed by atoms with van der Waals surface area (Å²) in [6.45, 7) is 0.524. The molecule has 3 aromatic rings. The average molecular weight is 293 g/mol. The number of nitrogens with two attached hydrogens (primary N) is 1. The molecule has 0 bridgehead atoms. The second-order valence-electron chi connectivity index (χ2n) is 4.14. The second-order valence-corrected chi connectivity index (χ2v) is 4.99. The van der Waals surface area contributed by atoms with Crippen molar-refractivity contribution in [3.05, 3.63) is 52.1 Å². The number of nitrogen functional groups attached to an aromatic ring is 1. The molecule has 1 aromatic carbocycles. The van der Waals surface area contributed by atoms with Crippen LogP contribution >= 0.6 is 23.2 Å². The number of imidazole rings is 1. The molecule has 2 N–H and O–H groups in total. The molecule has 0 saturated carbocycles. The SMILES string of the molecule is Nc1nc2cc(Cl)cnc2n1Cc1ccccc1Cl. The van der Waals surface area contributed by atoms with Crippen LogP contribution in [0.15, 0.2) is 36.5 Å². The van der Waals surface area contributed by atoms with Gasteiger partial charge in [-0.25, -0.2) is 9.97 Å². The van der Waals surface area contributed by atoms with E-state index in [0.29, 0.717) is 33.7 Å². The van der Waals surface area contributed by atoms with Crippen LogP contribution in [0.5, 0.6) is 0 Å². The van der Waals surface area contributed by atoms with E-state index in [0.717, 1.165) is 5.56 Å². The number of halogens is 2. The minimum atomic E-state index is 0.393. The Labute approximate surface area is 119 Å². The van der Waals surface area contributed by atoms with E-state index in [4.69, 9.17) is 28.9 Å². The highest BCUT2D eigenvalue weighted by Gasteiger charge is 2.11. The molecule has 4 nitrogen and oxygen atoms in total. The van der Waals surface area contributed by atoms with Crippen molar-refractivity contribution in [1.82, 2.24) is 14.5 Å². The molecule has 0 aliphatic carbocycles. The van der Waals surface area contributed by atoms with Gasteiger partial charge in [-0.1, -0.05) is 41.4 Å². The van der Waals surface area contributed by atoms with E-state index < -0.39 is 0 Å². The minimum absolute atomic E-state index is 0.393. The molecule has 0 saturated heterocycles. The lowest BCUT2D eigenvalue weighted by atomic mass is 10.2. The Morgan fingerprint density at radius 1 is 1.21 bits per heavy atom. The van der Waals surface area contributed by atoms with Gasteiger partial charge in [0.05, 0.1) is 11.6 Å². The minimum Gasteiger partial charge on any atom is -0.369 e. The molecule has 2 aromatic heterocycles. The Morgan fingerprint density at radius 2 is 2.00 bits per heavy atom. The molecule has 0 radical (unpaired) electrons. The third kappa shape index (κ3) is 2.25. The lowest BCUT2D eigenvalue weighted by molar-refractivity contribution is 0.828. The maximum Gasteiger partial charge on any atom is 0.202 e. The molecule has 0 unspecified atom stereocenters. The highest BCUT2D eigenvalue weighted by Crippen LogP contribution is 2.23. The van der Waals surface area contributed by atoms with Gasteiger partial charge in [-0.05, 0) is 17.7 Å². The smallest absolute Gasteiger partial charge is 0.202 e. The summed E-state index contributed by atoms with van der Waals surface area (Å²) in [7, 11) is 0. The molecular weight excluding hydrogens is 283 g/mol. The van der Waals surface area contributed by atoms with E-state index in [9.17, 15) is 0 Å². The van der Waals surface area contributed by atoms with Crippen molar-refractivity contribution in [3.8, 4) is 0 Å². The van der Waals surface area contributed by atoms with Crippen molar-refractivity contribution in [3.63, 3.8) is 0 Å². The van der Waals surface area contributed by atoms with Crippen LogP contribution in [-0.2, 0) is 6.54 Å². The molecule has 0 amide bonds. The van der Waals surface area contributed by atoms with Gasteiger partial charge in [0.15, 0.2) is 5.65 Å². The van der Waals surface area contributed by atoms with Crippen molar-refractivity contribution in [2.45, 2.75) is 6.54 Å². The van der Waals surface area contributed by atoms with E-state index in [-0.39, 0.29) is 0 Å². The van der Waals surface area contributed by atoms with Crippen molar-refractivity contribution < 1.29 is 0 Å². The highest BCUT2D eigenvalue weighted by molar-refractivity contribution is 6.31. The maximum absolute atomic E-state index is 6.15. The van der Waals surface area contributed by atoms with E-state index >= 15 is 0 Å². The predicted molar refractivity (Wildman–Crippen MR) is 77.5 cm³/mol. The zero-order chi connectivity index (χ0) is 13.4. The summed E-state index contributed by atoms with van der Waals surface area (Å²) in [6.07, 6.45) is 1.58. The molecular formula is C13H10Cl2N4. The van der Waals surface area contributed by atoms with Crippen LogP contribution in [0.25, 0.3) is 11.2 Å². The van der Waals surface area contributed by atoms with E-state index in [1.807, 2.05) is 28.8 Å². The van der Waals surface area contributed by atoms with Gasteiger partial charge in [0.1, 0.15) is 5.52 Å². The summed E-state index contributed by atoms with van der Waals surface area (Å²) in [5.74, 6) is 0.393. The first-order valence-corrected chi connectivity index (χ1v) is 6.41. The van der Waals surface area contributed by atoms with Crippen LogP contribution in [0.4, 0.5) is 5.95 Å². The lowest BCUT2D eigenvalue weighted by Gasteiger charge is -2.07. The Balaban J connectivity index is 2.10. The number of pyridine rings is 1. The fourth-order valence-electron chi connectivity index (χ4n) is 1.96. The topological polar surface area (TPSA) is 56.7 Å². The largest absolute Gasteiger partial charge is 0.369 e. The highest BCUT2D eigenvalue weighted by atomic mass is 35.5. The van der Waals surface area contributed by atoms with Gasteiger partial charge >= 0.3 is 0 Å². The van der Waals surface area contributed by atoms with Crippen LogP contribution in [0.1, 0.15) is 5.56 Å². The molecule has 96 valence electrons. The monoisotopic (exact) mass is 292 g/mol. The standard InChI is InChI=1S/C13H10Cl2N4/c14-9-5-11-12(17-6-9)19(13(16)18-11)7-8-3-1-2-4-10(8)15/h1-6H,7H2,(H2,16,18). The Morgan fingerprint density at radius 3 is 2.79 bits per heavy atom. The second kappa shape index (κ2) is 4.72. The number of hydrogen-bond acceptors (Lipinski definition) is 3. The first-order chi connectivity index (χ1) is 9.15. The molecule has 19 heavy (non-hydrogen) atoms. The zero-order valence-electron chi connectivity index (χ0n) is 9.85. The number of rotatable bonds is 2. The van der Waals surface area contributed by atoms with Gasteiger partial charge in [-0.15, -0.1) is 0 Å². The molecule has 0 atom stereocenters. The van der Waals surface area contributed by atoms with Crippen LogP contribution in [0, 0.1) is 0 Å². The van der Waals surface area contributed by atoms with Gasteiger partial charge in [-0.3, -0.25) is 4.57 Å². The van der Waals surface area contributed by atoms with E-state index in [2.05, 4.69) is 9.97 Å². The number of nitrogens with zero attached hydrogens (tertiary/aromatic N) is 3. The Kier molecular flexibility index (Phi) is 3.05. The van der Waals surface area contributed by atoms with Gasteiger partial charge in [0, 0.05) is 11.2 Å². The average Bonchev–Trinajstić information content (AvgIpc) is 2.68. The number of anilines is 1. The molecule has 6 heteroatoms. The number of aromatic nitrogens is 3. The van der Waals surface area contributed by atoms with Crippen LogP contribution in [-0.4, -0.2) is 14.5 Å². The number of benzene rings is 1. The zero-order valence-corrected chi connectivity index (χ0v) is 11.4. The number of fused-ring (bicyclic) bond motifs is 1. The third-order valence-electron chi connectivity index (χ3n) is 2.87. The van der Waals surface area contributed by atoms with Gasteiger partial charge in [0.2, 0.25) is 5.95 Å².